The fourth-order valence-electron chi connectivity index (χ4n) is 2.90. The van der Waals surface area contributed by atoms with Crippen molar-refractivity contribution in [3.05, 3.63) is 17.3 Å². The van der Waals surface area contributed by atoms with Crippen LogP contribution in [0, 0.1) is 5.92 Å². The lowest BCUT2D eigenvalue weighted by Crippen LogP contribution is -2.40. The van der Waals surface area contributed by atoms with Gasteiger partial charge in [0.05, 0.1) is 5.69 Å². The Hall–Kier alpha value is -0.550. The summed E-state index contributed by atoms with van der Waals surface area (Å²) in [4.78, 5) is 8.40. The molecule has 0 aromatic carbocycles. The molecule has 2 aromatic heterocycles. The number of fused-ring (bicyclic) bond motifs is 1. The highest BCUT2D eigenvalue weighted by Gasteiger charge is 2.27. The summed E-state index contributed by atoms with van der Waals surface area (Å²) < 4.78 is 2.21. The molecule has 18 heavy (non-hydrogen) atoms. The molecule has 0 saturated carbocycles. The smallest absolute Gasteiger partial charge is 0.195 e. The molecule has 3 nitrogen and oxygen atoms in total. The van der Waals surface area contributed by atoms with Crippen molar-refractivity contribution in [3.63, 3.8) is 0 Å². The highest BCUT2D eigenvalue weighted by atomic mass is 79.9. The molecule has 1 saturated heterocycles. The second kappa shape index (κ2) is 4.85. The van der Waals surface area contributed by atoms with Crippen molar-refractivity contribution in [3.8, 4) is 0 Å². The lowest BCUT2D eigenvalue weighted by molar-refractivity contribution is 0.376. The molecular formula is C13H18BrN3S. The highest BCUT2D eigenvalue weighted by molar-refractivity contribution is 9.08. The number of alkyl halides is 1. The van der Waals surface area contributed by atoms with Crippen molar-refractivity contribution in [1.82, 2.24) is 9.38 Å². The summed E-state index contributed by atoms with van der Waals surface area (Å²) in [6.07, 6.45) is 4.66. The summed E-state index contributed by atoms with van der Waals surface area (Å²) in [5, 5.41) is 2.96. The van der Waals surface area contributed by atoms with Crippen LogP contribution in [0.2, 0.25) is 0 Å². The van der Waals surface area contributed by atoms with E-state index >= 15 is 0 Å². The maximum atomic E-state index is 4.82. The Labute approximate surface area is 120 Å². The largest absolute Gasteiger partial charge is 0.352 e. The molecule has 0 radical (unpaired) electrons. The maximum Gasteiger partial charge on any atom is 0.195 e. The second-order valence-electron chi connectivity index (χ2n) is 5.24. The van der Waals surface area contributed by atoms with Crippen LogP contribution in [-0.4, -0.2) is 22.0 Å². The van der Waals surface area contributed by atoms with E-state index in [-0.39, 0.29) is 0 Å². The van der Waals surface area contributed by atoms with Crippen LogP contribution < -0.4 is 4.90 Å². The average molecular weight is 328 g/mol. The van der Waals surface area contributed by atoms with Crippen molar-refractivity contribution in [1.29, 1.82) is 0 Å². The number of hydrogen-bond donors (Lipinski definition) is 0. The molecule has 3 rings (SSSR count). The first-order valence-electron chi connectivity index (χ1n) is 6.47. The molecule has 1 aliphatic heterocycles. The highest BCUT2D eigenvalue weighted by Crippen LogP contribution is 2.32. The van der Waals surface area contributed by atoms with E-state index in [1.54, 1.807) is 11.3 Å². The number of halogens is 1. The fraction of sp³-hybridized carbons (Fsp3) is 0.615. The van der Waals surface area contributed by atoms with Crippen LogP contribution in [0.5, 0.6) is 0 Å². The van der Waals surface area contributed by atoms with Gasteiger partial charge < -0.3 is 4.90 Å². The third-order valence-electron chi connectivity index (χ3n) is 3.88. The van der Waals surface area contributed by atoms with E-state index in [2.05, 4.69) is 50.7 Å². The van der Waals surface area contributed by atoms with Gasteiger partial charge in [-0.25, -0.2) is 4.98 Å². The summed E-state index contributed by atoms with van der Waals surface area (Å²) in [5.41, 5.74) is 1.28. The van der Waals surface area contributed by atoms with Crippen LogP contribution in [-0.2, 0) is 5.33 Å². The van der Waals surface area contributed by atoms with Gasteiger partial charge in [-0.05, 0) is 25.7 Å². The molecule has 1 fully saturated rings. The average Bonchev–Trinajstić information content (AvgIpc) is 2.88. The molecule has 0 bridgehead atoms. The third-order valence-corrected chi connectivity index (χ3v) is 5.16. The summed E-state index contributed by atoms with van der Waals surface area (Å²) >= 11 is 5.32. The molecule has 2 unspecified atom stereocenters. The Balaban J connectivity index is 2.00. The van der Waals surface area contributed by atoms with Gasteiger partial charge in [-0.1, -0.05) is 22.9 Å². The quantitative estimate of drug-likeness (QED) is 0.779. The topological polar surface area (TPSA) is 20.5 Å². The van der Waals surface area contributed by atoms with Crippen LogP contribution in [0.3, 0.4) is 0 Å². The zero-order valence-corrected chi connectivity index (χ0v) is 13.2. The Kier molecular flexibility index (Phi) is 3.36. The molecule has 0 amide bonds. The number of hydrogen-bond acceptors (Lipinski definition) is 3. The van der Waals surface area contributed by atoms with Crippen LogP contribution in [0.15, 0.2) is 11.6 Å². The van der Waals surface area contributed by atoms with Gasteiger partial charge in [0.2, 0.25) is 0 Å². The molecule has 5 heteroatoms. The fourth-order valence-corrected chi connectivity index (χ4v) is 4.15. The molecule has 2 atom stereocenters. The zero-order valence-electron chi connectivity index (χ0n) is 10.8. The summed E-state index contributed by atoms with van der Waals surface area (Å²) in [5.74, 6) is 2.02. The minimum atomic E-state index is 0.594. The van der Waals surface area contributed by atoms with Crippen LogP contribution in [0.25, 0.3) is 4.96 Å². The number of imidazole rings is 1. The first kappa shape index (κ1) is 12.5. The first-order valence-corrected chi connectivity index (χ1v) is 8.48. The summed E-state index contributed by atoms with van der Waals surface area (Å²) in [6, 6.07) is 0.594. The minimum Gasteiger partial charge on any atom is -0.352 e. The molecule has 0 N–H and O–H groups in total. The molecule has 1 aliphatic rings. The summed E-state index contributed by atoms with van der Waals surface area (Å²) in [7, 11) is 0. The van der Waals surface area contributed by atoms with E-state index < -0.39 is 0 Å². The van der Waals surface area contributed by atoms with Gasteiger partial charge in [0.15, 0.2) is 10.8 Å². The Morgan fingerprint density at radius 1 is 1.50 bits per heavy atom. The Morgan fingerprint density at radius 2 is 2.33 bits per heavy atom. The first-order chi connectivity index (χ1) is 8.70. The molecular weight excluding hydrogens is 310 g/mol. The number of piperidine rings is 1. The van der Waals surface area contributed by atoms with Crippen molar-refractivity contribution < 1.29 is 0 Å². The van der Waals surface area contributed by atoms with E-state index in [9.17, 15) is 0 Å². The number of nitrogens with zero attached hydrogens (tertiary/aromatic N) is 3. The molecule has 98 valence electrons. The number of anilines is 1. The van der Waals surface area contributed by atoms with Crippen molar-refractivity contribution in [2.45, 2.75) is 38.1 Å². The minimum absolute atomic E-state index is 0.594. The van der Waals surface area contributed by atoms with E-state index in [4.69, 9.17) is 4.98 Å². The standard InChI is InChI=1S/C13H18BrN3S/c1-9-3-4-16(10(2)7-9)12-11(8-14)17-5-6-18-13(17)15-12/h5-6,9-10H,3-4,7-8H2,1-2H3. The molecule has 2 aromatic rings. The molecule has 3 heterocycles. The van der Waals surface area contributed by atoms with Crippen molar-refractivity contribution in [2.24, 2.45) is 5.92 Å². The van der Waals surface area contributed by atoms with Gasteiger partial charge in [0.1, 0.15) is 0 Å². The number of thiazole rings is 1. The third kappa shape index (κ3) is 1.97. The van der Waals surface area contributed by atoms with Crippen LogP contribution >= 0.6 is 27.3 Å². The van der Waals surface area contributed by atoms with Gasteiger partial charge >= 0.3 is 0 Å². The number of rotatable bonds is 2. The Bertz CT molecular complexity index is 547. The SMILES string of the molecule is CC1CCN(c2nc3sccn3c2CBr)C(C)C1. The van der Waals surface area contributed by atoms with Crippen molar-refractivity contribution in [2.75, 3.05) is 11.4 Å². The monoisotopic (exact) mass is 327 g/mol. The van der Waals surface area contributed by atoms with Crippen LogP contribution in [0.1, 0.15) is 32.4 Å². The van der Waals surface area contributed by atoms with E-state index in [0.717, 1.165) is 22.8 Å². The van der Waals surface area contributed by atoms with Gasteiger partial charge in [-0.15, -0.1) is 11.3 Å². The predicted molar refractivity (Wildman–Crippen MR) is 80.9 cm³/mol. The maximum absolute atomic E-state index is 4.82. The lowest BCUT2D eigenvalue weighted by atomic mass is 9.93. The number of aromatic nitrogens is 2. The zero-order chi connectivity index (χ0) is 12.7. The van der Waals surface area contributed by atoms with Gasteiger partial charge in [0.25, 0.3) is 0 Å². The van der Waals surface area contributed by atoms with E-state index in [1.807, 2.05) is 0 Å². The molecule has 0 spiro atoms. The predicted octanol–water partition coefficient (Wildman–Crippen LogP) is 3.92. The van der Waals surface area contributed by atoms with Gasteiger partial charge in [0, 0.05) is 29.5 Å². The van der Waals surface area contributed by atoms with Gasteiger partial charge in [-0.3, -0.25) is 4.40 Å². The second-order valence-corrected chi connectivity index (χ2v) is 6.68. The van der Waals surface area contributed by atoms with Crippen molar-refractivity contribution >= 4 is 38.0 Å². The lowest BCUT2D eigenvalue weighted by Gasteiger charge is -2.37. The molecule has 0 aliphatic carbocycles. The van der Waals surface area contributed by atoms with Gasteiger partial charge in [-0.2, -0.15) is 0 Å². The van der Waals surface area contributed by atoms with Crippen LogP contribution in [0.4, 0.5) is 5.82 Å². The Morgan fingerprint density at radius 3 is 3.06 bits per heavy atom. The van der Waals surface area contributed by atoms with E-state index in [0.29, 0.717) is 6.04 Å². The van der Waals surface area contributed by atoms with E-state index in [1.165, 1.54) is 24.4 Å². The normalized spacial score (nSPS) is 24.9. The summed E-state index contributed by atoms with van der Waals surface area (Å²) in [6.45, 7) is 5.80.